The van der Waals surface area contributed by atoms with Gasteiger partial charge in [0.25, 0.3) is 0 Å². The van der Waals surface area contributed by atoms with E-state index >= 15 is 0 Å². The average Bonchev–Trinajstić information content (AvgIpc) is 3.18. The first-order valence-electron chi connectivity index (χ1n) is 8.40. The number of nitrogens with one attached hydrogen (secondary N) is 1. The van der Waals surface area contributed by atoms with Crippen molar-refractivity contribution >= 4 is 6.03 Å². The summed E-state index contributed by atoms with van der Waals surface area (Å²) in [6.07, 6.45) is 2.53. The average molecular weight is 346 g/mol. The van der Waals surface area contributed by atoms with Gasteiger partial charge in [0.15, 0.2) is 11.5 Å². The summed E-state index contributed by atoms with van der Waals surface area (Å²) in [7, 11) is 3.35. The minimum Gasteiger partial charge on any atom is -0.493 e. The van der Waals surface area contributed by atoms with Crippen molar-refractivity contribution in [3.05, 3.63) is 47.9 Å². The zero-order chi connectivity index (χ0) is 18.2. The number of amides is 2. The number of hydrogen-bond acceptors (Lipinski definition) is 4. The predicted molar refractivity (Wildman–Crippen MR) is 95.9 cm³/mol. The quantitative estimate of drug-likeness (QED) is 0.785. The first kappa shape index (κ1) is 18.7. The summed E-state index contributed by atoms with van der Waals surface area (Å²) in [6, 6.07) is 9.01. The number of methoxy groups -OCH3 is 1. The summed E-state index contributed by atoms with van der Waals surface area (Å²) in [5, 5.41) is 2.90. The largest absolute Gasteiger partial charge is 0.493 e. The number of urea groups is 1. The summed E-state index contributed by atoms with van der Waals surface area (Å²) in [4.78, 5) is 13.9. The van der Waals surface area contributed by atoms with Crippen LogP contribution in [0.1, 0.15) is 37.6 Å². The molecule has 6 nitrogen and oxygen atoms in total. The number of benzene rings is 1. The van der Waals surface area contributed by atoms with Gasteiger partial charge >= 0.3 is 6.03 Å². The molecule has 1 aromatic heterocycles. The van der Waals surface area contributed by atoms with Crippen LogP contribution in [0, 0.1) is 0 Å². The highest BCUT2D eigenvalue weighted by Crippen LogP contribution is 2.28. The molecule has 6 heteroatoms. The van der Waals surface area contributed by atoms with Crippen molar-refractivity contribution < 1.29 is 18.7 Å². The van der Waals surface area contributed by atoms with Crippen molar-refractivity contribution in [3.8, 4) is 11.5 Å². The molecule has 0 saturated carbocycles. The number of carbonyl (C=O) groups excluding carboxylic acids is 1. The topological polar surface area (TPSA) is 63.9 Å². The fourth-order valence-electron chi connectivity index (χ4n) is 2.35. The molecule has 2 aromatic rings. The molecule has 0 bridgehead atoms. The summed E-state index contributed by atoms with van der Waals surface area (Å²) < 4.78 is 16.4. The Morgan fingerprint density at radius 1 is 1.32 bits per heavy atom. The van der Waals surface area contributed by atoms with Crippen LogP contribution in [0.5, 0.6) is 11.5 Å². The molecule has 0 aliphatic rings. The summed E-state index contributed by atoms with van der Waals surface area (Å²) in [5.41, 5.74) is 0.938. The van der Waals surface area contributed by atoms with Crippen LogP contribution in [0.2, 0.25) is 0 Å². The minimum atomic E-state index is -0.172. The van der Waals surface area contributed by atoms with E-state index in [0.29, 0.717) is 24.7 Å². The van der Waals surface area contributed by atoms with E-state index in [1.807, 2.05) is 37.3 Å². The van der Waals surface area contributed by atoms with Gasteiger partial charge in [-0.3, -0.25) is 0 Å². The number of ether oxygens (including phenoxy) is 2. The zero-order valence-electron chi connectivity index (χ0n) is 15.2. The van der Waals surface area contributed by atoms with E-state index in [-0.39, 0.29) is 12.1 Å². The molecule has 1 atom stereocenters. The molecule has 2 amide bonds. The van der Waals surface area contributed by atoms with E-state index in [1.165, 1.54) is 0 Å². The minimum absolute atomic E-state index is 0.144. The van der Waals surface area contributed by atoms with Crippen LogP contribution in [0.4, 0.5) is 4.79 Å². The second-order valence-electron chi connectivity index (χ2n) is 5.79. The second-order valence-corrected chi connectivity index (χ2v) is 5.79. The standard InChI is InChI=1S/C19H26N2O4/c1-5-10-24-17-9-8-15(12-18(17)23-4)13-20-19(22)21(3)14(2)16-7-6-11-25-16/h6-9,11-12,14H,5,10,13H2,1-4H3,(H,20,22). The van der Waals surface area contributed by atoms with Crippen molar-refractivity contribution in [1.29, 1.82) is 0 Å². The molecule has 2 rings (SSSR count). The molecular formula is C19H26N2O4. The van der Waals surface area contributed by atoms with Crippen molar-refractivity contribution in [2.45, 2.75) is 32.9 Å². The molecule has 25 heavy (non-hydrogen) atoms. The van der Waals surface area contributed by atoms with Gasteiger partial charge in [0, 0.05) is 13.6 Å². The maximum absolute atomic E-state index is 12.3. The van der Waals surface area contributed by atoms with Crippen LogP contribution in [0.3, 0.4) is 0 Å². The third kappa shape index (κ3) is 4.92. The maximum Gasteiger partial charge on any atom is 0.318 e. The van der Waals surface area contributed by atoms with Gasteiger partial charge in [-0.2, -0.15) is 0 Å². The van der Waals surface area contributed by atoms with Gasteiger partial charge in [0.1, 0.15) is 5.76 Å². The number of furan rings is 1. The molecule has 136 valence electrons. The fraction of sp³-hybridized carbons (Fsp3) is 0.421. The summed E-state index contributed by atoms with van der Waals surface area (Å²) in [6.45, 7) is 5.01. The third-order valence-corrected chi connectivity index (χ3v) is 3.99. The number of carbonyl (C=O) groups is 1. The zero-order valence-corrected chi connectivity index (χ0v) is 15.2. The van der Waals surface area contributed by atoms with Crippen molar-refractivity contribution in [2.75, 3.05) is 20.8 Å². The molecule has 0 radical (unpaired) electrons. The first-order chi connectivity index (χ1) is 12.1. The molecule has 0 aliphatic heterocycles. The summed E-state index contributed by atoms with van der Waals surface area (Å²) >= 11 is 0. The Hall–Kier alpha value is -2.63. The van der Waals surface area contributed by atoms with Gasteiger partial charge in [-0.15, -0.1) is 0 Å². The van der Waals surface area contributed by atoms with Crippen molar-refractivity contribution in [3.63, 3.8) is 0 Å². The Balaban J connectivity index is 1.94. The number of nitrogens with zero attached hydrogens (tertiary/aromatic N) is 1. The lowest BCUT2D eigenvalue weighted by molar-refractivity contribution is 0.187. The van der Waals surface area contributed by atoms with Gasteiger partial charge in [-0.1, -0.05) is 13.0 Å². The molecule has 1 unspecified atom stereocenters. The predicted octanol–water partition coefficient (Wildman–Crippen LogP) is 3.98. The second kappa shape index (κ2) is 9.01. The van der Waals surface area contributed by atoms with Crippen LogP contribution in [-0.4, -0.2) is 31.7 Å². The van der Waals surface area contributed by atoms with Crippen LogP contribution < -0.4 is 14.8 Å². The van der Waals surface area contributed by atoms with E-state index in [2.05, 4.69) is 12.2 Å². The van der Waals surface area contributed by atoms with Gasteiger partial charge in [0.05, 0.1) is 26.0 Å². The molecule has 0 fully saturated rings. The number of rotatable bonds is 8. The summed E-state index contributed by atoms with van der Waals surface area (Å²) in [5.74, 6) is 2.12. The third-order valence-electron chi connectivity index (χ3n) is 3.99. The van der Waals surface area contributed by atoms with Gasteiger partial charge in [-0.25, -0.2) is 4.79 Å². The first-order valence-corrected chi connectivity index (χ1v) is 8.40. The van der Waals surface area contributed by atoms with Gasteiger partial charge < -0.3 is 24.1 Å². The van der Waals surface area contributed by atoms with E-state index in [0.717, 1.165) is 17.7 Å². The normalized spacial score (nSPS) is 11.7. The van der Waals surface area contributed by atoms with E-state index in [9.17, 15) is 4.79 Å². The van der Waals surface area contributed by atoms with Crippen LogP contribution in [-0.2, 0) is 6.54 Å². The lowest BCUT2D eigenvalue weighted by Crippen LogP contribution is -2.38. The fourth-order valence-corrected chi connectivity index (χ4v) is 2.35. The van der Waals surface area contributed by atoms with E-state index < -0.39 is 0 Å². The molecule has 0 saturated heterocycles. The van der Waals surface area contributed by atoms with Crippen LogP contribution in [0.25, 0.3) is 0 Å². The smallest absolute Gasteiger partial charge is 0.318 e. The Morgan fingerprint density at radius 2 is 2.12 bits per heavy atom. The Bertz CT molecular complexity index is 670. The highest BCUT2D eigenvalue weighted by molar-refractivity contribution is 5.74. The maximum atomic E-state index is 12.3. The monoisotopic (exact) mass is 346 g/mol. The van der Waals surface area contributed by atoms with Crippen molar-refractivity contribution in [1.82, 2.24) is 10.2 Å². The Labute approximate surface area is 148 Å². The Morgan fingerprint density at radius 3 is 2.76 bits per heavy atom. The van der Waals surface area contributed by atoms with E-state index in [1.54, 1.807) is 25.3 Å². The van der Waals surface area contributed by atoms with Gasteiger partial charge in [-0.05, 0) is 43.2 Å². The van der Waals surface area contributed by atoms with Crippen molar-refractivity contribution in [2.24, 2.45) is 0 Å². The SMILES string of the molecule is CCCOc1ccc(CNC(=O)N(C)C(C)c2ccco2)cc1OC. The highest BCUT2D eigenvalue weighted by Gasteiger charge is 2.19. The van der Waals surface area contributed by atoms with E-state index in [4.69, 9.17) is 13.9 Å². The molecule has 1 aromatic carbocycles. The lowest BCUT2D eigenvalue weighted by atomic mass is 10.2. The molecule has 0 spiro atoms. The lowest BCUT2D eigenvalue weighted by Gasteiger charge is -2.23. The number of hydrogen-bond donors (Lipinski definition) is 1. The van der Waals surface area contributed by atoms with Crippen LogP contribution >= 0.6 is 0 Å². The Kier molecular flexibility index (Phi) is 6.74. The highest BCUT2D eigenvalue weighted by atomic mass is 16.5. The van der Waals surface area contributed by atoms with Crippen LogP contribution in [0.15, 0.2) is 41.0 Å². The molecule has 0 aliphatic carbocycles. The molecular weight excluding hydrogens is 320 g/mol. The van der Waals surface area contributed by atoms with Gasteiger partial charge in [0.2, 0.25) is 0 Å². The molecule has 1 N–H and O–H groups in total. The molecule has 1 heterocycles.